The van der Waals surface area contributed by atoms with Gasteiger partial charge in [-0.25, -0.2) is 0 Å². The maximum absolute atomic E-state index is 12.5. The Hall–Kier alpha value is -2.41. The summed E-state index contributed by atoms with van der Waals surface area (Å²) in [5.41, 5.74) is 1.99. The molecule has 20 heavy (non-hydrogen) atoms. The first-order valence-electron chi connectivity index (χ1n) is 6.64. The van der Waals surface area contributed by atoms with Crippen LogP contribution in [0.1, 0.15) is 35.8 Å². The molecule has 0 aliphatic rings. The van der Waals surface area contributed by atoms with Crippen LogP contribution in [-0.4, -0.2) is 16.6 Å². The number of hydrogen-bond donors (Lipinski definition) is 1. The smallest absolute Gasteiger partial charge is 0.189 e. The summed E-state index contributed by atoms with van der Waals surface area (Å²) in [6.07, 6.45) is 0.891. The van der Waals surface area contributed by atoms with Gasteiger partial charge in [0.05, 0.1) is 6.07 Å². The molecule has 0 radical (unpaired) electrons. The summed E-state index contributed by atoms with van der Waals surface area (Å²) >= 11 is 0. The molecule has 0 saturated carbocycles. The van der Waals surface area contributed by atoms with E-state index in [4.69, 9.17) is 5.26 Å². The number of aromatic nitrogens is 1. The number of Topliss-reactive ketones (excluding diaryl/α,β-unsaturated/α-hetero) is 2. The SMILES string of the molecule is CCCC(=O)[C@H](C#N)C(=O)c1c(C)[nH]c2ccccc12. The third-order valence-electron chi connectivity index (χ3n) is 3.35. The van der Waals surface area contributed by atoms with E-state index >= 15 is 0 Å². The second-order valence-electron chi connectivity index (χ2n) is 4.81. The zero-order valence-electron chi connectivity index (χ0n) is 11.6. The van der Waals surface area contributed by atoms with E-state index in [-0.39, 0.29) is 12.2 Å². The van der Waals surface area contributed by atoms with Crippen molar-refractivity contribution >= 4 is 22.5 Å². The predicted octanol–water partition coefficient (Wildman–Crippen LogP) is 3.17. The van der Waals surface area contributed by atoms with Gasteiger partial charge in [0.1, 0.15) is 0 Å². The Labute approximate surface area is 117 Å². The number of aryl methyl sites for hydroxylation is 1. The Balaban J connectivity index is 2.48. The summed E-state index contributed by atoms with van der Waals surface area (Å²) in [4.78, 5) is 27.5. The molecule has 4 nitrogen and oxygen atoms in total. The zero-order valence-corrected chi connectivity index (χ0v) is 11.6. The number of nitriles is 1. The fraction of sp³-hybridized carbons (Fsp3) is 0.312. The highest BCUT2D eigenvalue weighted by molar-refractivity contribution is 6.18. The lowest BCUT2D eigenvalue weighted by atomic mass is 9.91. The van der Waals surface area contributed by atoms with Crippen molar-refractivity contribution in [3.8, 4) is 6.07 Å². The van der Waals surface area contributed by atoms with Gasteiger partial charge in [-0.1, -0.05) is 25.1 Å². The Kier molecular flexibility index (Phi) is 3.99. The molecule has 0 spiro atoms. The van der Waals surface area contributed by atoms with Crippen LogP contribution in [0.2, 0.25) is 0 Å². The molecular weight excluding hydrogens is 252 g/mol. The molecule has 2 rings (SSSR count). The molecule has 4 heteroatoms. The lowest BCUT2D eigenvalue weighted by Crippen LogP contribution is -2.23. The number of para-hydroxylation sites is 1. The molecule has 0 fully saturated rings. The van der Waals surface area contributed by atoms with Crippen molar-refractivity contribution in [3.05, 3.63) is 35.5 Å². The van der Waals surface area contributed by atoms with Crippen LogP contribution in [0.25, 0.3) is 10.9 Å². The van der Waals surface area contributed by atoms with Crippen LogP contribution in [0, 0.1) is 24.2 Å². The molecule has 1 atom stereocenters. The number of rotatable bonds is 5. The predicted molar refractivity (Wildman–Crippen MR) is 76.4 cm³/mol. The number of benzene rings is 1. The second kappa shape index (κ2) is 5.70. The van der Waals surface area contributed by atoms with Crippen molar-refractivity contribution in [2.75, 3.05) is 0 Å². The van der Waals surface area contributed by atoms with Gasteiger partial charge < -0.3 is 4.98 Å². The Morgan fingerprint density at radius 1 is 1.35 bits per heavy atom. The van der Waals surface area contributed by atoms with Crippen LogP contribution in [0.5, 0.6) is 0 Å². The number of nitrogens with zero attached hydrogens (tertiary/aromatic N) is 1. The number of carbonyl (C=O) groups is 2. The number of hydrogen-bond acceptors (Lipinski definition) is 3. The van der Waals surface area contributed by atoms with Gasteiger partial charge in [0.25, 0.3) is 0 Å². The maximum Gasteiger partial charge on any atom is 0.189 e. The highest BCUT2D eigenvalue weighted by atomic mass is 16.1. The summed E-state index contributed by atoms with van der Waals surface area (Å²) in [5, 5.41) is 9.92. The zero-order chi connectivity index (χ0) is 14.7. The standard InChI is InChI=1S/C16H16N2O2/c1-3-6-14(19)12(9-17)16(20)15-10(2)18-13-8-5-4-7-11(13)15/h4-5,7-8,12,18H,3,6H2,1-2H3/t12-/m0/s1. The third kappa shape index (κ3) is 2.35. The average Bonchev–Trinajstić information content (AvgIpc) is 2.75. The van der Waals surface area contributed by atoms with Gasteiger partial charge in [-0.05, 0) is 19.4 Å². The first kappa shape index (κ1) is 14.0. The van der Waals surface area contributed by atoms with Crippen LogP contribution in [-0.2, 0) is 4.79 Å². The molecule has 1 heterocycles. The Bertz CT molecular complexity index is 707. The maximum atomic E-state index is 12.5. The van der Waals surface area contributed by atoms with E-state index in [1.165, 1.54) is 0 Å². The minimum atomic E-state index is -1.20. The number of nitrogens with one attached hydrogen (secondary N) is 1. The van der Waals surface area contributed by atoms with Crippen molar-refractivity contribution in [1.29, 1.82) is 5.26 Å². The average molecular weight is 268 g/mol. The first-order valence-corrected chi connectivity index (χ1v) is 6.64. The number of aromatic amines is 1. The van der Waals surface area contributed by atoms with E-state index in [1.807, 2.05) is 37.3 Å². The number of fused-ring (bicyclic) bond motifs is 1. The number of carbonyl (C=O) groups excluding carboxylic acids is 2. The highest BCUT2D eigenvalue weighted by Gasteiger charge is 2.29. The molecule has 0 saturated heterocycles. The van der Waals surface area contributed by atoms with E-state index in [9.17, 15) is 9.59 Å². The summed E-state index contributed by atoms with van der Waals surface area (Å²) in [5.74, 6) is -1.90. The van der Waals surface area contributed by atoms with Gasteiger partial charge in [-0.15, -0.1) is 0 Å². The van der Waals surface area contributed by atoms with Gasteiger partial charge in [0, 0.05) is 28.6 Å². The molecule has 1 aromatic heterocycles. The van der Waals surface area contributed by atoms with E-state index in [0.717, 1.165) is 10.9 Å². The van der Waals surface area contributed by atoms with E-state index < -0.39 is 11.7 Å². The first-order chi connectivity index (χ1) is 9.60. The summed E-state index contributed by atoms with van der Waals surface area (Å²) in [6, 6.07) is 9.25. The lowest BCUT2D eigenvalue weighted by Gasteiger charge is -2.07. The van der Waals surface area contributed by atoms with Crippen LogP contribution in [0.3, 0.4) is 0 Å². The second-order valence-corrected chi connectivity index (χ2v) is 4.81. The van der Waals surface area contributed by atoms with Crippen LogP contribution < -0.4 is 0 Å². The molecule has 102 valence electrons. The number of ketones is 2. The van der Waals surface area contributed by atoms with E-state index in [2.05, 4.69) is 4.98 Å². The van der Waals surface area contributed by atoms with Crippen molar-refractivity contribution < 1.29 is 9.59 Å². The monoisotopic (exact) mass is 268 g/mol. The highest BCUT2D eigenvalue weighted by Crippen LogP contribution is 2.25. The molecule has 2 aromatic rings. The summed E-state index contributed by atoms with van der Waals surface area (Å²) in [7, 11) is 0. The fourth-order valence-electron chi connectivity index (χ4n) is 2.41. The molecule has 1 aromatic carbocycles. The van der Waals surface area contributed by atoms with Crippen LogP contribution in [0.4, 0.5) is 0 Å². The Morgan fingerprint density at radius 3 is 2.70 bits per heavy atom. The minimum absolute atomic E-state index is 0.255. The lowest BCUT2D eigenvalue weighted by molar-refractivity contribution is -0.120. The molecule has 1 N–H and O–H groups in total. The van der Waals surface area contributed by atoms with Crippen LogP contribution >= 0.6 is 0 Å². The summed E-state index contributed by atoms with van der Waals surface area (Å²) < 4.78 is 0. The molecule has 0 aliphatic carbocycles. The van der Waals surface area contributed by atoms with Gasteiger partial charge in [0.2, 0.25) is 0 Å². The van der Waals surface area contributed by atoms with Gasteiger partial charge in [0.15, 0.2) is 17.5 Å². The van der Waals surface area contributed by atoms with E-state index in [0.29, 0.717) is 17.7 Å². The molecule has 0 bridgehead atoms. The normalized spacial score (nSPS) is 12.1. The van der Waals surface area contributed by atoms with Crippen molar-refractivity contribution in [2.45, 2.75) is 26.7 Å². The Morgan fingerprint density at radius 2 is 2.05 bits per heavy atom. The molecular formula is C16H16N2O2. The minimum Gasteiger partial charge on any atom is -0.358 e. The quantitative estimate of drug-likeness (QED) is 0.668. The molecule has 0 amide bonds. The largest absolute Gasteiger partial charge is 0.358 e. The van der Waals surface area contributed by atoms with Crippen molar-refractivity contribution in [2.24, 2.45) is 5.92 Å². The topological polar surface area (TPSA) is 73.7 Å². The fourth-order valence-corrected chi connectivity index (χ4v) is 2.41. The summed E-state index contributed by atoms with van der Waals surface area (Å²) in [6.45, 7) is 3.64. The van der Waals surface area contributed by atoms with Crippen molar-refractivity contribution in [1.82, 2.24) is 4.98 Å². The van der Waals surface area contributed by atoms with Gasteiger partial charge >= 0.3 is 0 Å². The molecule has 0 unspecified atom stereocenters. The van der Waals surface area contributed by atoms with E-state index in [1.54, 1.807) is 6.92 Å². The van der Waals surface area contributed by atoms with Gasteiger partial charge in [-0.3, -0.25) is 9.59 Å². The van der Waals surface area contributed by atoms with Crippen LogP contribution in [0.15, 0.2) is 24.3 Å². The van der Waals surface area contributed by atoms with Gasteiger partial charge in [-0.2, -0.15) is 5.26 Å². The third-order valence-corrected chi connectivity index (χ3v) is 3.35. The van der Waals surface area contributed by atoms with Crippen molar-refractivity contribution in [3.63, 3.8) is 0 Å². The number of H-pyrrole nitrogens is 1. The molecule has 0 aliphatic heterocycles.